The molecule has 4 rings (SSSR count). The zero-order valence-corrected chi connectivity index (χ0v) is 17.1. The van der Waals surface area contributed by atoms with Crippen molar-refractivity contribution in [3.8, 4) is 5.75 Å². The Bertz CT molecular complexity index is 845. The van der Waals surface area contributed by atoms with Gasteiger partial charge in [0, 0.05) is 32.3 Å². The SMILES string of the molecule is COc1cc(C)ccc1NC1=NC2(C)C(=CN1)N(C)C(=O)CCN2C1CCC1. The number of likely N-dealkylation sites (N-methyl/N-ethyl adjacent to an activating group) is 1. The molecule has 7 heteroatoms. The van der Waals surface area contributed by atoms with Crippen molar-refractivity contribution in [3.63, 3.8) is 0 Å². The summed E-state index contributed by atoms with van der Waals surface area (Å²) in [6.45, 7) is 4.88. The summed E-state index contributed by atoms with van der Waals surface area (Å²) in [4.78, 5) is 21.7. The number of amides is 1. The molecule has 1 saturated heterocycles. The lowest BCUT2D eigenvalue weighted by Crippen LogP contribution is -2.58. The second-order valence-corrected chi connectivity index (χ2v) is 7.96. The minimum atomic E-state index is -0.586. The van der Waals surface area contributed by atoms with E-state index in [1.165, 1.54) is 6.42 Å². The van der Waals surface area contributed by atoms with Gasteiger partial charge in [-0.3, -0.25) is 9.69 Å². The number of carbonyl (C=O) groups excluding carboxylic acids is 1. The summed E-state index contributed by atoms with van der Waals surface area (Å²) in [5.41, 5.74) is 2.30. The van der Waals surface area contributed by atoms with Gasteiger partial charge in [0.25, 0.3) is 0 Å². The van der Waals surface area contributed by atoms with Gasteiger partial charge in [0.2, 0.25) is 11.9 Å². The molecule has 2 N–H and O–H groups in total. The Hall–Kier alpha value is -2.54. The third-order valence-corrected chi connectivity index (χ3v) is 6.15. The molecule has 1 amide bonds. The second-order valence-electron chi connectivity index (χ2n) is 7.96. The van der Waals surface area contributed by atoms with Crippen LogP contribution in [0.2, 0.25) is 0 Å². The topological polar surface area (TPSA) is 69.2 Å². The lowest BCUT2D eigenvalue weighted by molar-refractivity contribution is -0.127. The number of ether oxygens (including phenoxy) is 1. The highest BCUT2D eigenvalue weighted by molar-refractivity contribution is 5.97. The first-order valence-corrected chi connectivity index (χ1v) is 9.94. The van der Waals surface area contributed by atoms with E-state index in [-0.39, 0.29) is 5.91 Å². The predicted molar refractivity (Wildman–Crippen MR) is 110 cm³/mol. The molecule has 7 nitrogen and oxygen atoms in total. The fraction of sp³-hybridized carbons (Fsp3) is 0.524. The number of methoxy groups -OCH3 is 1. The van der Waals surface area contributed by atoms with E-state index in [2.05, 4.69) is 22.5 Å². The molecule has 1 unspecified atom stereocenters. The van der Waals surface area contributed by atoms with Gasteiger partial charge in [0.15, 0.2) is 5.66 Å². The van der Waals surface area contributed by atoms with E-state index in [0.29, 0.717) is 18.4 Å². The van der Waals surface area contributed by atoms with E-state index in [1.54, 1.807) is 12.0 Å². The minimum absolute atomic E-state index is 0.132. The van der Waals surface area contributed by atoms with E-state index < -0.39 is 5.66 Å². The van der Waals surface area contributed by atoms with Crippen LogP contribution >= 0.6 is 0 Å². The number of nitrogens with one attached hydrogen (secondary N) is 2. The minimum Gasteiger partial charge on any atom is -0.495 e. The molecule has 150 valence electrons. The lowest BCUT2D eigenvalue weighted by Gasteiger charge is -2.48. The summed E-state index contributed by atoms with van der Waals surface area (Å²) in [6, 6.07) is 6.50. The molecule has 1 aromatic carbocycles. The largest absolute Gasteiger partial charge is 0.495 e. The first-order chi connectivity index (χ1) is 13.4. The summed E-state index contributed by atoms with van der Waals surface area (Å²) in [6.07, 6.45) is 6.00. The normalized spacial score (nSPS) is 25.7. The quantitative estimate of drug-likeness (QED) is 0.840. The fourth-order valence-electron chi connectivity index (χ4n) is 4.27. The predicted octanol–water partition coefficient (Wildman–Crippen LogP) is 2.65. The van der Waals surface area contributed by atoms with Gasteiger partial charge in [-0.2, -0.15) is 0 Å². The molecule has 0 spiro atoms. The van der Waals surface area contributed by atoms with Crippen LogP contribution in [0.1, 0.15) is 38.2 Å². The number of anilines is 1. The number of hydrogen-bond donors (Lipinski definition) is 2. The number of hydrogen-bond acceptors (Lipinski definition) is 6. The highest BCUT2D eigenvalue weighted by Gasteiger charge is 2.47. The van der Waals surface area contributed by atoms with Crippen molar-refractivity contribution < 1.29 is 9.53 Å². The van der Waals surface area contributed by atoms with Crippen LogP contribution in [0.5, 0.6) is 5.75 Å². The van der Waals surface area contributed by atoms with E-state index >= 15 is 0 Å². The number of guanidine groups is 1. The van der Waals surface area contributed by atoms with E-state index in [9.17, 15) is 4.79 Å². The first kappa shape index (κ1) is 18.8. The molecular formula is C21H29N5O2. The van der Waals surface area contributed by atoms with Crippen LogP contribution in [-0.2, 0) is 4.79 Å². The number of carbonyl (C=O) groups is 1. The zero-order valence-electron chi connectivity index (χ0n) is 17.1. The van der Waals surface area contributed by atoms with E-state index in [4.69, 9.17) is 9.73 Å². The van der Waals surface area contributed by atoms with Crippen molar-refractivity contribution in [3.05, 3.63) is 35.7 Å². The average Bonchev–Trinajstić information content (AvgIpc) is 2.72. The molecule has 2 heterocycles. The van der Waals surface area contributed by atoms with Crippen molar-refractivity contribution >= 4 is 17.6 Å². The molecule has 0 aromatic heterocycles. The van der Waals surface area contributed by atoms with Crippen molar-refractivity contribution in [2.75, 3.05) is 26.0 Å². The highest BCUT2D eigenvalue weighted by atomic mass is 16.5. The maximum Gasteiger partial charge on any atom is 0.227 e. The highest BCUT2D eigenvalue weighted by Crippen LogP contribution is 2.39. The summed E-state index contributed by atoms with van der Waals surface area (Å²) < 4.78 is 5.51. The molecule has 2 aliphatic heterocycles. The smallest absolute Gasteiger partial charge is 0.227 e. The number of fused-ring (bicyclic) bond motifs is 1. The van der Waals surface area contributed by atoms with Crippen LogP contribution in [0.4, 0.5) is 5.69 Å². The number of nitrogens with zero attached hydrogens (tertiary/aromatic N) is 3. The first-order valence-electron chi connectivity index (χ1n) is 9.94. The number of aliphatic imine (C=N–C) groups is 1. The van der Waals surface area contributed by atoms with E-state index in [1.807, 2.05) is 38.4 Å². The van der Waals surface area contributed by atoms with Gasteiger partial charge in [-0.15, -0.1) is 0 Å². The van der Waals surface area contributed by atoms with Crippen LogP contribution in [0.15, 0.2) is 35.1 Å². The van der Waals surface area contributed by atoms with Crippen LogP contribution < -0.4 is 15.4 Å². The van der Waals surface area contributed by atoms with Gasteiger partial charge >= 0.3 is 0 Å². The standard InChI is InChI=1S/C21H29N5O2/c1-14-8-9-16(17(12-14)28-4)23-20-22-13-18-21(2,24-20)26(15-6-5-7-15)11-10-19(27)25(18)3/h8-9,12-13,15H,5-7,10-11H2,1-4H3,(H2,22,23,24). The van der Waals surface area contributed by atoms with E-state index in [0.717, 1.165) is 42.1 Å². The van der Waals surface area contributed by atoms with Crippen molar-refractivity contribution in [1.82, 2.24) is 15.1 Å². The Balaban J connectivity index is 1.68. The van der Waals surface area contributed by atoms with Crippen LogP contribution in [0.3, 0.4) is 0 Å². The average molecular weight is 383 g/mol. The van der Waals surface area contributed by atoms with Crippen LogP contribution in [-0.4, -0.2) is 54.1 Å². The Labute approximate surface area is 166 Å². The molecule has 3 aliphatic rings. The van der Waals surface area contributed by atoms with Gasteiger partial charge < -0.3 is 20.3 Å². The Kier molecular flexibility index (Phi) is 4.79. The summed E-state index contributed by atoms with van der Waals surface area (Å²) >= 11 is 0. The summed E-state index contributed by atoms with van der Waals surface area (Å²) in [5, 5.41) is 6.60. The maximum absolute atomic E-state index is 12.5. The molecular weight excluding hydrogens is 354 g/mol. The third kappa shape index (κ3) is 3.13. The molecule has 0 bridgehead atoms. The van der Waals surface area contributed by atoms with Crippen LogP contribution in [0.25, 0.3) is 0 Å². The molecule has 1 atom stereocenters. The monoisotopic (exact) mass is 383 g/mol. The molecule has 1 saturated carbocycles. The van der Waals surface area contributed by atoms with Gasteiger partial charge in [-0.25, -0.2) is 4.99 Å². The van der Waals surface area contributed by atoms with Gasteiger partial charge in [-0.05, 0) is 44.4 Å². The van der Waals surface area contributed by atoms with Gasteiger partial charge in [0.1, 0.15) is 5.75 Å². The Morgan fingerprint density at radius 2 is 2.14 bits per heavy atom. The molecule has 0 radical (unpaired) electrons. The zero-order chi connectivity index (χ0) is 19.9. The molecule has 28 heavy (non-hydrogen) atoms. The molecule has 1 aliphatic carbocycles. The Morgan fingerprint density at radius 1 is 1.36 bits per heavy atom. The third-order valence-electron chi connectivity index (χ3n) is 6.15. The lowest BCUT2D eigenvalue weighted by atomic mass is 9.88. The molecule has 1 aromatic rings. The number of rotatable bonds is 3. The Morgan fingerprint density at radius 3 is 2.82 bits per heavy atom. The van der Waals surface area contributed by atoms with Crippen LogP contribution in [0, 0.1) is 6.92 Å². The number of aryl methyl sites for hydroxylation is 1. The summed E-state index contributed by atoms with van der Waals surface area (Å²) in [5.74, 6) is 1.56. The maximum atomic E-state index is 12.5. The second kappa shape index (κ2) is 7.13. The van der Waals surface area contributed by atoms with Gasteiger partial charge in [-0.1, -0.05) is 12.5 Å². The summed E-state index contributed by atoms with van der Waals surface area (Å²) in [7, 11) is 3.51. The van der Waals surface area contributed by atoms with Gasteiger partial charge in [0.05, 0.1) is 18.5 Å². The number of benzene rings is 1. The molecule has 2 fully saturated rings. The fourth-order valence-corrected chi connectivity index (χ4v) is 4.27. The van der Waals surface area contributed by atoms with Crippen molar-refractivity contribution in [2.45, 2.75) is 51.2 Å². The van der Waals surface area contributed by atoms with Crippen molar-refractivity contribution in [1.29, 1.82) is 0 Å². The van der Waals surface area contributed by atoms with Crippen molar-refractivity contribution in [2.24, 2.45) is 4.99 Å².